The molecule has 146 valence electrons. The van der Waals surface area contributed by atoms with Crippen LogP contribution < -0.4 is 5.32 Å². The molecule has 29 heavy (non-hydrogen) atoms. The van der Waals surface area contributed by atoms with E-state index in [1.807, 2.05) is 13.0 Å². The molecule has 1 amide bonds. The number of carbonyl (C=O) groups excluding carboxylic acids is 1. The number of amides is 1. The average molecular weight is 491 g/mol. The molecule has 0 atom stereocenters. The van der Waals surface area contributed by atoms with Gasteiger partial charge in [0.25, 0.3) is 11.8 Å². The molecule has 0 spiro atoms. The van der Waals surface area contributed by atoms with E-state index < -0.39 is 0 Å². The van der Waals surface area contributed by atoms with E-state index in [1.165, 1.54) is 0 Å². The lowest BCUT2D eigenvalue weighted by Gasteiger charge is -2.13. The first-order chi connectivity index (χ1) is 13.9. The molecule has 0 radical (unpaired) electrons. The molecule has 6 nitrogen and oxygen atoms in total. The van der Waals surface area contributed by atoms with Crippen molar-refractivity contribution in [3.63, 3.8) is 0 Å². The third-order valence-corrected chi connectivity index (χ3v) is 5.90. The Hall–Kier alpha value is -2.68. The van der Waals surface area contributed by atoms with Gasteiger partial charge in [0.2, 0.25) is 5.89 Å². The van der Waals surface area contributed by atoms with E-state index in [1.54, 1.807) is 42.5 Å². The van der Waals surface area contributed by atoms with Crippen LogP contribution in [0, 0.1) is 6.92 Å². The van der Waals surface area contributed by atoms with E-state index in [0.29, 0.717) is 31.2 Å². The van der Waals surface area contributed by atoms with Gasteiger partial charge in [-0.25, -0.2) is 0 Å². The molecule has 2 N–H and O–H groups in total. The van der Waals surface area contributed by atoms with Crippen molar-refractivity contribution in [1.82, 2.24) is 10.2 Å². The van der Waals surface area contributed by atoms with Crippen molar-refractivity contribution >= 4 is 50.5 Å². The molecule has 0 aliphatic rings. The molecular formula is C20H13BrClN3O3S. The van der Waals surface area contributed by atoms with Crippen LogP contribution in [0.4, 0.5) is 5.69 Å². The van der Waals surface area contributed by atoms with Crippen LogP contribution in [0.5, 0.6) is 5.06 Å². The SMILES string of the molecule is Cc1cc(Cl)cc(-c2nnc(-c3ccc(O)s3)o2)c1NC(=O)c1ccccc1Br. The predicted octanol–water partition coefficient (Wildman–Crippen LogP) is 6.15. The third kappa shape index (κ3) is 4.05. The van der Waals surface area contributed by atoms with E-state index in [4.69, 9.17) is 16.0 Å². The van der Waals surface area contributed by atoms with E-state index in [2.05, 4.69) is 31.4 Å². The van der Waals surface area contributed by atoms with Gasteiger partial charge in [-0.15, -0.1) is 10.2 Å². The molecule has 9 heteroatoms. The Balaban J connectivity index is 1.74. The highest BCUT2D eigenvalue weighted by Crippen LogP contribution is 2.37. The summed E-state index contributed by atoms with van der Waals surface area (Å²) in [7, 11) is 0. The Bertz CT molecular complexity index is 1220. The van der Waals surface area contributed by atoms with Crippen molar-refractivity contribution in [1.29, 1.82) is 0 Å². The van der Waals surface area contributed by atoms with Crippen molar-refractivity contribution < 1.29 is 14.3 Å². The Labute approximate surface area is 183 Å². The zero-order valence-corrected chi connectivity index (χ0v) is 18.1. The van der Waals surface area contributed by atoms with Crippen LogP contribution in [-0.2, 0) is 0 Å². The predicted molar refractivity (Wildman–Crippen MR) is 117 cm³/mol. The van der Waals surface area contributed by atoms with Crippen molar-refractivity contribution in [2.45, 2.75) is 6.92 Å². The summed E-state index contributed by atoms with van der Waals surface area (Å²) < 4.78 is 6.47. The van der Waals surface area contributed by atoms with Crippen molar-refractivity contribution in [3.8, 4) is 27.3 Å². The quantitative estimate of drug-likeness (QED) is 0.358. The molecule has 0 aliphatic heterocycles. The number of carbonyl (C=O) groups is 1. The molecule has 2 heterocycles. The summed E-state index contributed by atoms with van der Waals surface area (Å²) in [4.78, 5) is 13.5. The minimum atomic E-state index is -0.285. The number of anilines is 1. The van der Waals surface area contributed by atoms with Crippen LogP contribution in [0.15, 0.2) is 57.4 Å². The van der Waals surface area contributed by atoms with Crippen LogP contribution in [0.2, 0.25) is 5.02 Å². The van der Waals surface area contributed by atoms with Gasteiger partial charge in [0.15, 0.2) is 5.06 Å². The molecule has 4 aromatic rings. The molecule has 4 rings (SSSR count). The number of nitrogens with one attached hydrogen (secondary N) is 1. The Morgan fingerprint density at radius 3 is 2.66 bits per heavy atom. The standard InChI is InChI=1S/C20H13BrClN3O3S/c1-10-8-11(22)9-13(17(10)23-18(27)12-4-2-3-5-14(12)21)19-24-25-20(28-19)15-6-7-16(26)29-15/h2-9,26H,1H3,(H,23,27). The minimum absolute atomic E-state index is 0.153. The van der Waals surface area contributed by atoms with Crippen molar-refractivity contribution in [2.75, 3.05) is 5.32 Å². The highest BCUT2D eigenvalue weighted by molar-refractivity contribution is 9.10. The summed E-state index contributed by atoms with van der Waals surface area (Å²) >= 11 is 10.8. The molecule has 0 fully saturated rings. The number of hydrogen-bond donors (Lipinski definition) is 2. The monoisotopic (exact) mass is 489 g/mol. The van der Waals surface area contributed by atoms with Crippen molar-refractivity contribution in [2.24, 2.45) is 0 Å². The van der Waals surface area contributed by atoms with Crippen LogP contribution >= 0.6 is 38.9 Å². The third-order valence-electron chi connectivity index (χ3n) is 4.12. The lowest BCUT2D eigenvalue weighted by Crippen LogP contribution is -2.14. The second-order valence-corrected chi connectivity index (χ2v) is 8.48. The first kappa shape index (κ1) is 19.6. The molecule has 0 unspecified atom stereocenters. The van der Waals surface area contributed by atoms with E-state index in [9.17, 15) is 9.90 Å². The van der Waals surface area contributed by atoms with E-state index >= 15 is 0 Å². The van der Waals surface area contributed by atoms with Gasteiger partial charge in [-0.05, 0) is 64.8 Å². The van der Waals surface area contributed by atoms with Crippen LogP contribution in [0.3, 0.4) is 0 Å². The van der Waals surface area contributed by atoms with Crippen LogP contribution in [0.1, 0.15) is 15.9 Å². The first-order valence-electron chi connectivity index (χ1n) is 8.41. The number of aromatic hydroxyl groups is 1. The van der Waals surface area contributed by atoms with Gasteiger partial charge in [0.05, 0.1) is 21.7 Å². The minimum Gasteiger partial charge on any atom is -0.499 e. The summed E-state index contributed by atoms with van der Waals surface area (Å²) in [5, 5.41) is 21.2. The molecular weight excluding hydrogens is 478 g/mol. The summed E-state index contributed by atoms with van der Waals surface area (Å²) in [5.74, 6) is 0.194. The summed E-state index contributed by atoms with van der Waals surface area (Å²) in [6.45, 7) is 1.83. The lowest BCUT2D eigenvalue weighted by molar-refractivity contribution is 0.102. The van der Waals surface area contributed by atoms with Crippen LogP contribution in [0.25, 0.3) is 22.2 Å². The zero-order valence-electron chi connectivity index (χ0n) is 14.9. The number of thiophene rings is 1. The molecule has 0 saturated carbocycles. The lowest BCUT2D eigenvalue weighted by atomic mass is 10.1. The van der Waals surface area contributed by atoms with E-state index in [-0.39, 0.29) is 22.8 Å². The smallest absolute Gasteiger partial charge is 0.258 e. The van der Waals surface area contributed by atoms with Gasteiger partial charge in [0.1, 0.15) is 0 Å². The maximum absolute atomic E-state index is 12.8. The molecule has 0 saturated heterocycles. The fraction of sp³-hybridized carbons (Fsp3) is 0.0500. The van der Waals surface area contributed by atoms with Gasteiger partial charge in [-0.3, -0.25) is 4.79 Å². The fourth-order valence-electron chi connectivity index (χ4n) is 2.78. The molecule has 0 aliphatic carbocycles. The number of benzene rings is 2. The molecule has 0 bridgehead atoms. The van der Waals surface area contributed by atoms with Gasteiger partial charge >= 0.3 is 0 Å². The second-order valence-electron chi connectivity index (χ2n) is 6.13. The van der Waals surface area contributed by atoms with Crippen LogP contribution in [-0.4, -0.2) is 21.2 Å². The van der Waals surface area contributed by atoms with Gasteiger partial charge < -0.3 is 14.8 Å². The molecule has 2 aromatic carbocycles. The normalized spacial score (nSPS) is 10.9. The number of aromatic nitrogens is 2. The van der Waals surface area contributed by atoms with Gasteiger partial charge in [0, 0.05) is 9.50 Å². The number of rotatable bonds is 4. The van der Waals surface area contributed by atoms with Gasteiger partial charge in [-0.2, -0.15) is 0 Å². The maximum Gasteiger partial charge on any atom is 0.258 e. The molecule has 2 aromatic heterocycles. The topological polar surface area (TPSA) is 88.2 Å². The van der Waals surface area contributed by atoms with Gasteiger partial charge in [-0.1, -0.05) is 35.1 Å². The Morgan fingerprint density at radius 2 is 1.93 bits per heavy atom. The van der Waals surface area contributed by atoms with E-state index in [0.717, 1.165) is 16.9 Å². The number of nitrogens with zero attached hydrogens (tertiary/aromatic N) is 2. The number of aryl methyl sites for hydroxylation is 1. The largest absolute Gasteiger partial charge is 0.499 e. The number of hydrogen-bond acceptors (Lipinski definition) is 6. The maximum atomic E-state index is 12.8. The van der Waals surface area contributed by atoms with Crippen molar-refractivity contribution in [3.05, 3.63) is 69.2 Å². The fourth-order valence-corrected chi connectivity index (χ4v) is 4.18. The zero-order chi connectivity index (χ0) is 20.5. The first-order valence-corrected chi connectivity index (χ1v) is 10.4. The highest BCUT2D eigenvalue weighted by atomic mass is 79.9. The Kier molecular flexibility index (Phi) is 5.40. The second kappa shape index (κ2) is 7.98. The average Bonchev–Trinajstić information content (AvgIpc) is 3.33. The highest BCUT2D eigenvalue weighted by Gasteiger charge is 2.20. The summed E-state index contributed by atoms with van der Waals surface area (Å²) in [6, 6.07) is 13.8. The Morgan fingerprint density at radius 1 is 1.17 bits per heavy atom. The number of halogens is 2. The summed E-state index contributed by atoms with van der Waals surface area (Å²) in [6.07, 6.45) is 0. The summed E-state index contributed by atoms with van der Waals surface area (Å²) in [5.41, 5.74) is 2.28.